The number of rotatable bonds is 1. The lowest BCUT2D eigenvalue weighted by molar-refractivity contribution is 0.179. The smallest absolute Gasteiger partial charge is 0.0753 e. The van der Waals surface area contributed by atoms with Crippen LogP contribution < -0.4 is 5.32 Å². The van der Waals surface area contributed by atoms with Crippen LogP contribution in [-0.2, 0) is 0 Å². The van der Waals surface area contributed by atoms with Gasteiger partial charge in [-0.1, -0.05) is 0 Å². The number of aromatic nitrogens is 1. The summed E-state index contributed by atoms with van der Waals surface area (Å²) in [4.78, 5) is 1.18. The average Bonchev–Trinajstić information content (AvgIpc) is 2.55. The zero-order valence-electron chi connectivity index (χ0n) is 6.03. The molecule has 1 saturated heterocycles. The third-order valence-corrected chi connectivity index (χ3v) is 2.88. The Morgan fingerprint density at radius 3 is 3.09 bits per heavy atom. The third-order valence-electron chi connectivity index (χ3n) is 2.01. The van der Waals surface area contributed by atoms with Crippen molar-refractivity contribution in [2.24, 2.45) is 0 Å². The fourth-order valence-electron chi connectivity index (χ4n) is 1.37. The van der Waals surface area contributed by atoms with E-state index in [9.17, 15) is 5.11 Å². The maximum absolute atomic E-state index is 9.48. The summed E-state index contributed by atoms with van der Waals surface area (Å²) in [7, 11) is 0. The Labute approximate surface area is 69.2 Å². The summed E-state index contributed by atoms with van der Waals surface area (Å²) in [5, 5.41) is 12.6. The Hall–Kier alpha value is -0.450. The largest absolute Gasteiger partial charge is 0.391 e. The molecule has 4 heteroatoms. The summed E-state index contributed by atoms with van der Waals surface area (Å²) in [6.45, 7) is 1.59. The van der Waals surface area contributed by atoms with E-state index in [1.165, 1.54) is 16.4 Å². The van der Waals surface area contributed by atoms with Crippen LogP contribution in [0.15, 0.2) is 12.3 Å². The van der Waals surface area contributed by atoms with Crippen molar-refractivity contribution >= 4 is 11.5 Å². The van der Waals surface area contributed by atoms with E-state index >= 15 is 0 Å². The number of aliphatic hydroxyl groups is 1. The first-order valence-corrected chi connectivity index (χ1v) is 4.44. The first-order valence-electron chi connectivity index (χ1n) is 3.67. The van der Waals surface area contributed by atoms with Crippen LogP contribution >= 0.6 is 11.5 Å². The molecule has 2 heterocycles. The summed E-state index contributed by atoms with van der Waals surface area (Å²) >= 11 is 1.47. The van der Waals surface area contributed by atoms with Crippen LogP contribution in [0.1, 0.15) is 10.8 Å². The molecule has 0 saturated carbocycles. The molecule has 2 atom stereocenters. The van der Waals surface area contributed by atoms with E-state index in [1.807, 2.05) is 6.07 Å². The molecule has 1 fully saturated rings. The second-order valence-electron chi connectivity index (χ2n) is 2.75. The molecule has 0 radical (unpaired) electrons. The zero-order chi connectivity index (χ0) is 7.68. The Balaban J connectivity index is 2.16. The average molecular weight is 170 g/mol. The normalized spacial score (nSPS) is 31.0. The highest BCUT2D eigenvalue weighted by Gasteiger charge is 2.27. The van der Waals surface area contributed by atoms with Crippen molar-refractivity contribution in [3.63, 3.8) is 0 Å². The summed E-state index contributed by atoms with van der Waals surface area (Å²) in [5.41, 5.74) is 0. The van der Waals surface area contributed by atoms with Gasteiger partial charge >= 0.3 is 0 Å². The van der Waals surface area contributed by atoms with E-state index in [1.54, 1.807) is 6.20 Å². The molecule has 11 heavy (non-hydrogen) atoms. The number of nitrogens with zero attached hydrogens (tertiary/aromatic N) is 1. The van der Waals surface area contributed by atoms with Gasteiger partial charge in [0.2, 0.25) is 0 Å². The first kappa shape index (κ1) is 7.21. The van der Waals surface area contributed by atoms with Gasteiger partial charge in [-0.3, -0.25) is 0 Å². The lowest BCUT2D eigenvalue weighted by Gasteiger charge is -2.08. The Morgan fingerprint density at radius 2 is 2.55 bits per heavy atom. The SMILES string of the molecule is O[C@@H]1CNC[C@H]1c1ccns1. The van der Waals surface area contributed by atoms with Crippen LogP contribution in [0, 0.1) is 0 Å². The maximum atomic E-state index is 9.48. The lowest BCUT2D eigenvalue weighted by atomic mass is 10.1. The number of hydrogen-bond donors (Lipinski definition) is 2. The van der Waals surface area contributed by atoms with Gasteiger partial charge in [0.15, 0.2) is 0 Å². The van der Waals surface area contributed by atoms with Gasteiger partial charge < -0.3 is 10.4 Å². The molecule has 3 nitrogen and oxygen atoms in total. The highest BCUT2D eigenvalue weighted by molar-refractivity contribution is 7.05. The van der Waals surface area contributed by atoms with Crippen LogP contribution in [0.2, 0.25) is 0 Å². The van der Waals surface area contributed by atoms with Crippen molar-refractivity contribution in [2.45, 2.75) is 12.0 Å². The highest BCUT2D eigenvalue weighted by Crippen LogP contribution is 2.24. The maximum Gasteiger partial charge on any atom is 0.0753 e. The van der Waals surface area contributed by atoms with Gasteiger partial charge in [-0.15, -0.1) is 0 Å². The molecular weight excluding hydrogens is 160 g/mol. The van der Waals surface area contributed by atoms with Crippen LogP contribution in [0.3, 0.4) is 0 Å². The van der Waals surface area contributed by atoms with Crippen molar-refractivity contribution in [1.29, 1.82) is 0 Å². The molecule has 1 aromatic heterocycles. The Morgan fingerprint density at radius 1 is 1.64 bits per heavy atom. The molecule has 1 aliphatic heterocycles. The number of aliphatic hydroxyl groups excluding tert-OH is 1. The van der Waals surface area contributed by atoms with Crippen LogP contribution in [0.4, 0.5) is 0 Å². The lowest BCUT2D eigenvalue weighted by Crippen LogP contribution is -2.15. The Bertz CT molecular complexity index is 224. The van der Waals surface area contributed by atoms with Gasteiger partial charge in [-0.2, -0.15) is 0 Å². The van der Waals surface area contributed by atoms with Crippen molar-refractivity contribution < 1.29 is 5.11 Å². The minimum Gasteiger partial charge on any atom is -0.391 e. The molecule has 0 bridgehead atoms. The van der Waals surface area contributed by atoms with Crippen molar-refractivity contribution in [3.8, 4) is 0 Å². The summed E-state index contributed by atoms with van der Waals surface area (Å²) < 4.78 is 4.00. The molecule has 2 N–H and O–H groups in total. The molecule has 0 unspecified atom stereocenters. The standard InChI is InChI=1S/C7H10N2OS/c10-6-4-8-3-5(6)7-1-2-9-11-7/h1-2,5-6,8,10H,3-4H2/t5-,6-/m1/s1. The van der Waals surface area contributed by atoms with E-state index in [4.69, 9.17) is 0 Å². The molecule has 0 spiro atoms. The molecular formula is C7H10N2OS. The molecule has 60 valence electrons. The van der Waals surface area contributed by atoms with E-state index in [-0.39, 0.29) is 12.0 Å². The number of β-amino-alcohol motifs (C(OH)–C–C–N with tert-alkyl or cyclic N) is 1. The predicted molar refractivity (Wildman–Crippen MR) is 43.7 cm³/mol. The van der Waals surface area contributed by atoms with Gasteiger partial charge in [-0.25, -0.2) is 4.37 Å². The molecule has 2 rings (SSSR count). The summed E-state index contributed by atoms with van der Waals surface area (Å²) in [6, 6.07) is 1.98. The second kappa shape index (κ2) is 2.89. The third kappa shape index (κ3) is 1.29. The van der Waals surface area contributed by atoms with Gasteiger partial charge in [0.05, 0.1) is 6.10 Å². The van der Waals surface area contributed by atoms with E-state index in [0.717, 1.165) is 6.54 Å². The highest BCUT2D eigenvalue weighted by atomic mass is 32.1. The minimum atomic E-state index is -0.226. The Kier molecular flexibility index (Phi) is 1.89. The van der Waals surface area contributed by atoms with E-state index in [0.29, 0.717) is 6.54 Å². The van der Waals surface area contributed by atoms with Crippen LogP contribution in [0.25, 0.3) is 0 Å². The van der Waals surface area contributed by atoms with E-state index in [2.05, 4.69) is 9.69 Å². The molecule has 0 aliphatic carbocycles. The van der Waals surface area contributed by atoms with Gasteiger partial charge in [0.1, 0.15) is 0 Å². The number of nitrogens with one attached hydrogen (secondary N) is 1. The molecule has 0 aromatic carbocycles. The quantitative estimate of drug-likeness (QED) is 0.632. The van der Waals surface area contributed by atoms with Crippen LogP contribution in [0.5, 0.6) is 0 Å². The van der Waals surface area contributed by atoms with E-state index < -0.39 is 0 Å². The fraction of sp³-hybridized carbons (Fsp3) is 0.571. The fourth-order valence-corrected chi connectivity index (χ4v) is 2.11. The van der Waals surface area contributed by atoms with Gasteiger partial charge in [-0.05, 0) is 17.6 Å². The predicted octanol–water partition coefficient (Wildman–Crippen LogP) is 0.191. The zero-order valence-corrected chi connectivity index (χ0v) is 6.84. The van der Waals surface area contributed by atoms with Gasteiger partial charge in [0.25, 0.3) is 0 Å². The monoisotopic (exact) mass is 170 g/mol. The van der Waals surface area contributed by atoms with Crippen molar-refractivity contribution in [1.82, 2.24) is 9.69 Å². The second-order valence-corrected chi connectivity index (χ2v) is 3.61. The summed E-state index contributed by atoms with van der Waals surface area (Å²) in [5.74, 6) is 0.266. The molecule has 1 aromatic rings. The molecule has 1 aliphatic rings. The van der Waals surface area contributed by atoms with Crippen molar-refractivity contribution in [2.75, 3.05) is 13.1 Å². The summed E-state index contributed by atoms with van der Waals surface area (Å²) in [6.07, 6.45) is 1.56. The number of hydrogen-bond acceptors (Lipinski definition) is 4. The molecule has 0 amide bonds. The minimum absolute atomic E-state index is 0.226. The van der Waals surface area contributed by atoms with Crippen molar-refractivity contribution in [3.05, 3.63) is 17.1 Å². The van der Waals surface area contributed by atoms with Gasteiger partial charge in [0, 0.05) is 30.1 Å². The topological polar surface area (TPSA) is 45.1 Å². The van der Waals surface area contributed by atoms with Crippen LogP contribution in [-0.4, -0.2) is 28.7 Å². The first-order chi connectivity index (χ1) is 5.38.